The minimum absolute atomic E-state index is 0.177. The van der Waals surface area contributed by atoms with Crippen LogP contribution in [0.25, 0.3) is 0 Å². The van der Waals surface area contributed by atoms with Crippen LogP contribution in [0.3, 0.4) is 0 Å². The molecule has 0 aromatic rings. The molecule has 1 aliphatic heterocycles. The predicted molar refractivity (Wildman–Crippen MR) is 51.4 cm³/mol. The van der Waals surface area contributed by atoms with Crippen molar-refractivity contribution in [1.29, 1.82) is 0 Å². The van der Waals surface area contributed by atoms with Crippen molar-refractivity contribution in [2.75, 3.05) is 13.7 Å². The molecule has 1 saturated heterocycles. The molecular formula is C11H18O2. The molecule has 0 bridgehead atoms. The lowest BCUT2D eigenvalue weighted by molar-refractivity contribution is -0.221. The van der Waals surface area contributed by atoms with Crippen molar-refractivity contribution >= 4 is 0 Å². The van der Waals surface area contributed by atoms with E-state index in [1.807, 2.05) is 0 Å². The minimum Gasteiger partial charge on any atom is -0.352 e. The first kappa shape index (κ1) is 9.22. The molecule has 2 nitrogen and oxygen atoms in total. The second-order valence-electron chi connectivity index (χ2n) is 4.07. The van der Waals surface area contributed by atoms with Gasteiger partial charge in [-0.15, -0.1) is 0 Å². The van der Waals surface area contributed by atoms with Gasteiger partial charge in [0.05, 0.1) is 6.61 Å². The Kier molecular flexibility index (Phi) is 2.20. The van der Waals surface area contributed by atoms with Gasteiger partial charge in [-0.1, -0.05) is 12.2 Å². The molecule has 0 aromatic carbocycles. The first-order chi connectivity index (χ1) is 6.29. The van der Waals surface area contributed by atoms with Crippen LogP contribution in [0, 0.1) is 5.41 Å². The van der Waals surface area contributed by atoms with E-state index in [2.05, 4.69) is 19.1 Å². The standard InChI is InChI=1S/C11H18O2/c1-3-5-10-6-4-7-11(10,12-2)13-9-8-10/h3,5H,4,6-9H2,1-2H3. The third-order valence-corrected chi connectivity index (χ3v) is 3.59. The average Bonchev–Trinajstić information content (AvgIpc) is 2.59. The fourth-order valence-electron chi connectivity index (χ4n) is 2.98. The zero-order chi connectivity index (χ0) is 9.36. The molecule has 2 rings (SSSR count). The molecule has 0 amide bonds. The van der Waals surface area contributed by atoms with Crippen molar-refractivity contribution in [1.82, 2.24) is 0 Å². The summed E-state index contributed by atoms with van der Waals surface area (Å²) in [4.78, 5) is 0. The van der Waals surface area contributed by atoms with Crippen molar-refractivity contribution in [2.45, 2.75) is 38.4 Å². The van der Waals surface area contributed by atoms with Crippen molar-refractivity contribution in [2.24, 2.45) is 5.41 Å². The molecule has 74 valence electrons. The molecule has 0 radical (unpaired) electrons. The van der Waals surface area contributed by atoms with Crippen molar-refractivity contribution in [3.05, 3.63) is 12.2 Å². The highest BCUT2D eigenvalue weighted by Gasteiger charge is 2.58. The molecule has 1 heterocycles. The number of ether oxygens (including phenoxy) is 2. The molecule has 1 aliphatic carbocycles. The third kappa shape index (κ3) is 1.09. The summed E-state index contributed by atoms with van der Waals surface area (Å²) in [5, 5.41) is 0. The minimum atomic E-state index is -0.292. The van der Waals surface area contributed by atoms with Crippen LogP contribution < -0.4 is 0 Å². The van der Waals surface area contributed by atoms with Crippen LogP contribution >= 0.6 is 0 Å². The normalized spacial score (nSPS) is 44.5. The number of fused-ring (bicyclic) bond motifs is 1. The molecule has 2 atom stereocenters. The van der Waals surface area contributed by atoms with Crippen molar-refractivity contribution in [3.63, 3.8) is 0 Å². The maximum absolute atomic E-state index is 5.80. The summed E-state index contributed by atoms with van der Waals surface area (Å²) >= 11 is 0. The summed E-state index contributed by atoms with van der Waals surface area (Å²) in [5.41, 5.74) is 0.177. The highest BCUT2D eigenvalue weighted by Crippen LogP contribution is 2.56. The Hall–Kier alpha value is -0.340. The summed E-state index contributed by atoms with van der Waals surface area (Å²) in [6.45, 7) is 2.92. The lowest BCUT2D eigenvalue weighted by Crippen LogP contribution is -2.40. The van der Waals surface area contributed by atoms with Gasteiger partial charge in [0.1, 0.15) is 0 Å². The summed E-state index contributed by atoms with van der Waals surface area (Å²) in [7, 11) is 1.77. The molecule has 2 unspecified atom stereocenters. The van der Waals surface area contributed by atoms with E-state index in [-0.39, 0.29) is 11.2 Å². The van der Waals surface area contributed by atoms with Crippen LogP contribution in [-0.2, 0) is 9.47 Å². The van der Waals surface area contributed by atoms with Gasteiger partial charge in [-0.25, -0.2) is 0 Å². The van der Waals surface area contributed by atoms with Gasteiger partial charge in [0.15, 0.2) is 5.79 Å². The summed E-state index contributed by atoms with van der Waals surface area (Å²) in [6, 6.07) is 0. The number of hydrogen-bond donors (Lipinski definition) is 0. The van der Waals surface area contributed by atoms with E-state index in [0.717, 1.165) is 19.4 Å². The zero-order valence-electron chi connectivity index (χ0n) is 8.51. The zero-order valence-corrected chi connectivity index (χ0v) is 8.51. The molecule has 2 fully saturated rings. The Morgan fingerprint density at radius 2 is 2.15 bits per heavy atom. The van der Waals surface area contributed by atoms with Gasteiger partial charge in [0.25, 0.3) is 0 Å². The predicted octanol–water partition coefficient (Wildman–Crippen LogP) is 2.50. The molecule has 0 N–H and O–H groups in total. The molecule has 0 aromatic heterocycles. The van der Waals surface area contributed by atoms with Gasteiger partial charge in [-0.3, -0.25) is 0 Å². The second-order valence-corrected chi connectivity index (χ2v) is 4.07. The van der Waals surface area contributed by atoms with Crippen LogP contribution in [0.2, 0.25) is 0 Å². The number of methoxy groups -OCH3 is 1. The number of hydrogen-bond acceptors (Lipinski definition) is 2. The highest BCUT2D eigenvalue weighted by molar-refractivity contribution is 5.13. The van der Waals surface area contributed by atoms with Crippen molar-refractivity contribution < 1.29 is 9.47 Å². The maximum atomic E-state index is 5.80. The first-order valence-corrected chi connectivity index (χ1v) is 5.12. The molecule has 13 heavy (non-hydrogen) atoms. The Labute approximate surface area is 79.9 Å². The maximum Gasteiger partial charge on any atom is 0.177 e. The highest BCUT2D eigenvalue weighted by atomic mass is 16.7. The van der Waals surface area contributed by atoms with Crippen LogP contribution in [0.5, 0.6) is 0 Å². The lowest BCUT2D eigenvalue weighted by Gasteiger charge is -2.35. The van der Waals surface area contributed by atoms with Crippen LogP contribution in [0.4, 0.5) is 0 Å². The van der Waals surface area contributed by atoms with Crippen LogP contribution in [0.1, 0.15) is 32.6 Å². The smallest absolute Gasteiger partial charge is 0.177 e. The van der Waals surface area contributed by atoms with E-state index in [1.165, 1.54) is 12.8 Å². The fraction of sp³-hybridized carbons (Fsp3) is 0.818. The van der Waals surface area contributed by atoms with E-state index < -0.39 is 0 Å². The molecule has 2 aliphatic rings. The largest absolute Gasteiger partial charge is 0.352 e. The van der Waals surface area contributed by atoms with Crippen molar-refractivity contribution in [3.8, 4) is 0 Å². The summed E-state index contributed by atoms with van der Waals surface area (Å²) in [6.07, 6.45) is 9.02. The Balaban J connectivity index is 2.33. The first-order valence-electron chi connectivity index (χ1n) is 5.12. The molecule has 2 heteroatoms. The Bertz CT molecular complexity index is 210. The molecule has 0 spiro atoms. The van der Waals surface area contributed by atoms with E-state index in [9.17, 15) is 0 Å². The quantitative estimate of drug-likeness (QED) is 0.611. The second kappa shape index (κ2) is 3.10. The van der Waals surface area contributed by atoms with Gasteiger partial charge in [-0.05, 0) is 26.2 Å². The van der Waals surface area contributed by atoms with E-state index in [4.69, 9.17) is 9.47 Å². The number of allylic oxidation sites excluding steroid dienone is 1. The lowest BCUT2D eigenvalue weighted by atomic mass is 9.80. The SMILES string of the molecule is CC=CC12CCCC1(OC)OCC2. The van der Waals surface area contributed by atoms with Gasteiger partial charge in [0, 0.05) is 18.9 Å². The Morgan fingerprint density at radius 1 is 1.31 bits per heavy atom. The van der Waals surface area contributed by atoms with E-state index in [1.54, 1.807) is 7.11 Å². The van der Waals surface area contributed by atoms with E-state index in [0.29, 0.717) is 0 Å². The van der Waals surface area contributed by atoms with Crippen LogP contribution in [0.15, 0.2) is 12.2 Å². The van der Waals surface area contributed by atoms with E-state index >= 15 is 0 Å². The monoisotopic (exact) mass is 182 g/mol. The summed E-state index contributed by atoms with van der Waals surface area (Å²) < 4.78 is 11.4. The number of rotatable bonds is 2. The van der Waals surface area contributed by atoms with Gasteiger partial charge in [0.2, 0.25) is 0 Å². The summed E-state index contributed by atoms with van der Waals surface area (Å²) in [5.74, 6) is -0.292. The van der Waals surface area contributed by atoms with Gasteiger partial charge < -0.3 is 9.47 Å². The fourth-order valence-corrected chi connectivity index (χ4v) is 2.98. The Morgan fingerprint density at radius 3 is 2.85 bits per heavy atom. The third-order valence-electron chi connectivity index (χ3n) is 3.59. The van der Waals surface area contributed by atoms with Gasteiger partial charge in [-0.2, -0.15) is 0 Å². The van der Waals surface area contributed by atoms with Gasteiger partial charge >= 0.3 is 0 Å². The molecular weight excluding hydrogens is 164 g/mol. The van der Waals surface area contributed by atoms with Crippen LogP contribution in [-0.4, -0.2) is 19.5 Å². The topological polar surface area (TPSA) is 18.5 Å². The average molecular weight is 182 g/mol. The molecule has 1 saturated carbocycles.